The summed E-state index contributed by atoms with van der Waals surface area (Å²) in [6.07, 6.45) is 1.27. The number of esters is 1. The fourth-order valence-electron chi connectivity index (χ4n) is 2.09. The number of nitrogens with two attached hydrogens (primary N) is 2. The van der Waals surface area contributed by atoms with E-state index in [1.165, 1.54) is 31.6 Å². The normalized spacial score (nSPS) is 14.7. The zero-order chi connectivity index (χ0) is 17.9. The summed E-state index contributed by atoms with van der Waals surface area (Å²) in [7, 11) is 0. The Hall–Kier alpha value is -2.28. The quantitative estimate of drug-likeness (QED) is 0.221. The molecule has 0 radical (unpaired) electrons. The molecule has 0 aromatic heterocycles. The van der Waals surface area contributed by atoms with Crippen molar-refractivity contribution >= 4 is 27.0 Å². The first-order valence-corrected chi connectivity index (χ1v) is 8.36. The van der Waals surface area contributed by atoms with Gasteiger partial charge in [0.2, 0.25) is 0 Å². The van der Waals surface area contributed by atoms with Gasteiger partial charge in [-0.3, -0.25) is 0 Å². The SMILES string of the molecule is CC(OC(=O)c1cc([At])cc(CN=C(N)N)c1)N1C(=O)C=CC1=O. The fraction of sp³-hybridized carbons (Fsp3) is 0.200. The van der Waals surface area contributed by atoms with E-state index >= 15 is 0 Å². The summed E-state index contributed by atoms with van der Waals surface area (Å²) >= 11 is 1.38. The van der Waals surface area contributed by atoms with E-state index in [4.69, 9.17) is 16.2 Å². The molecule has 2 amide bonds. The molecule has 0 spiro atoms. The van der Waals surface area contributed by atoms with E-state index < -0.39 is 24.0 Å². The van der Waals surface area contributed by atoms with Gasteiger partial charge in [-0.15, -0.1) is 0 Å². The van der Waals surface area contributed by atoms with Crippen LogP contribution < -0.4 is 14.7 Å². The second kappa shape index (κ2) is 7.53. The molecule has 0 saturated heterocycles. The first kappa shape index (κ1) is 18.1. The monoisotopic (exact) mass is 525 g/mol. The summed E-state index contributed by atoms with van der Waals surface area (Å²) < 4.78 is 6.11. The van der Waals surface area contributed by atoms with Crippen LogP contribution in [-0.2, 0) is 20.9 Å². The third-order valence-corrected chi connectivity index (χ3v) is 3.97. The number of carbonyl (C=O) groups excluding carboxylic acids is 3. The molecule has 1 atom stereocenters. The zero-order valence-corrected chi connectivity index (χ0v) is 15.7. The van der Waals surface area contributed by atoms with Crippen LogP contribution in [0.2, 0.25) is 0 Å². The molecule has 24 heavy (non-hydrogen) atoms. The number of aliphatic imine (C=N–C) groups is 1. The zero-order valence-electron chi connectivity index (χ0n) is 12.7. The van der Waals surface area contributed by atoms with Crippen LogP contribution in [0.3, 0.4) is 0 Å². The molecule has 4 N–H and O–H groups in total. The van der Waals surface area contributed by atoms with E-state index in [0.717, 1.165) is 25.9 Å². The Morgan fingerprint density at radius 1 is 1.25 bits per heavy atom. The molecule has 0 aliphatic carbocycles. The summed E-state index contributed by atoms with van der Waals surface area (Å²) in [5, 5.41) is 0. The van der Waals surface area contributed by atoms with E-state index in [0.29, 0.717) is 5.56 Å². The van der Waals surface area contributed by atoms with Crippen LogP contribution in [0.15, 0.2) is 35.3 Å². The molecule has 8 nitrogen and oxygen atoms in total. The maximum atomic E-state index is 12.3. The molecule has 9 heteroatoms. The first-order valence-electron chi connectivity index (χ1n) is 6.89. The van der Waals surface area contributed by atoms with Crippen molar-refractivity contribution in [3.8, 4) is 0 Å². The molecule has 1 aromatic carbocycles. The van der Waals surface area contributed by atoms with Gasteiger partial charge in [0.25, 0.3) is 0 Å². The number of benzene rings is 1. The van der Waals surface area contributed by atoms with Gasteiger partial charge in [0.05, 0.1) is 0 Å². The van der Waals surface area contributed by atoms with E-state index in [9.17, 15) is 14.4 Å². The molecule has 0 saturated carbocycles. The summed E-state index contributed by atoms with van der Waals surface area (Å²) in [6.45, 7) is 1.70. The summed E-state index contributed by atoms with van der Waals surface area (Å²) in [5.41, 5.74) is 11.7. The molecule has 2 rings (SSSR count). The van der Waals surface area contributed by atoms with Crippen molar-refractivity contribution < 1.29 is 43.8 Å². The molecule has 0 bridgehead atoms. The van der Waals surface area contributed by atoms with Crippen LogP contribution in [0.4, 0.5) is 0 Å². The minimum absolute atomic E-state index is 0.0438. The molecular formula is C15H15AtN4O4. The Kier molecular flexibility index (Phi) is 5.67. The first-order chi connectivity index (χ1) is 11.3. The Balaban J connectivity index is 2.13. The number of guanidine groups is 1. The Labute approximate surface area is 153 Å². The molecule has 126 valence electrons. The van der Waals surface area contributed by atoms with Crippen molar-refractivity contribution in [1.29, 1.82) is 0 Å². The van der Waals surface area contributed by atoms with Gasteiger partial charge < -0.3 is 0 Å². The Morgan fingerprint density at radius 2 is 1.88 bits per heavy atom. The molecule has 1 heterocycles. The molecule has 1 aromatic rings. The molecule has 1 aliphatic heterocycles. The van der Waals surface area contributed by atoms with Crippen molar-refractivity contribution in [1.82, 2.24) is 4.90 Å². The standard InChI is InChI=1S/C15H15AtN4O4/c1-8(20-12(21)2-3-13(20)22)24-14(23)10-4-9(5-11(16)6-10)7-19-15(17)18/h2-6,8H,7H2,1H3,(H4,17,18,19). The Bertz CT molecular complexity index is 738. The number of ether oxygens (including phenoxy) is 1. The topological polar surface area (TPSA) is 128 Å². The fourth-order valence-corrected chi connectivity index (χ4v) is 3.09. The van der Waals surface area contributed by atoms with Crippen molar-refractivity contribution in [2.24, 2.45) is 16.5 Å². The third-order valence-electron chi connectivity index (χ3n) is 3.12. The van der Waals surface area contributed by atoms with Gasteiger partial charge in [-0.2, -0.15) is 0 Å². The number of hydrogen-bond donors (Lipinski definition) is 2. The predicted molar refractivity (Wildman–Crippen MR) is 81.5 cm³/mol. The molecule has 1 aliphatic rings. The summed E-state index contributed by atoms with van der Waals surface area (Å²) in [4.78, 5) is 40.3. The maximum absolute atomic E-state index is 12.3. The summed E-state index contributed by atoms with van der Waals surface area (Å²) in [5.74, 6) is -1.71. The number of carbonyl (C=O) groups is 3. The van der Waals surface area contributed by atoms with Gasteiger partial charge in [0.15, 0.2) is 0 Å². The number of rotatable bonds is 5. The second-order valence-electron chi connectivity index (χ2n) is 4.97. The molecule has 1 unspecified atom stereocenters. The van der Waals surface area contributed by atoms with Crippen LogP contribution in [0.25, 0.3) is 0 Å². The van der Waals surface area contributed by atoms with E-state index in [1.807, 2.05) is 6.07 Å². The Morgan fingerprint density at radius 3 is 2.46 bits per heavy atom. The van der Waals surface area contributed by atoms with Crippen molar-refractivity contribution in [2.75, 3.05) is 0 Å². The van der Waals surface area contributed by atoms with Crippen molar-refractivity contribution in [3.05, 3.63) is 41.5 Å². The second-order valence-corrected chi connectivity index (χ2v) is 6.67. The number of hydrogen-bond acceptors (Lipinski definition) is 5. The average Bonchev–Trinajstić information content (AvgIpc) is 2.83. The van der Waals surface area contributed by atoms with Crippen LogP contribution in [0.5, 0.6) is 0 Å². The average molecular weight is 525 g/mol. The number of amides is 2. The van der Waals surface area contributed by atoms with Gasteiger partial charge in [0.1, 0.15) is 0 Å². The number of imide groups is 1. The van der Waals surface area contributed by atoms with E-state index in [2.05, 4.69) is 4.99 Å². The predicted octanol–water partition coefficient (Wildman–Crippen LogP) is -0.938. The van der Waals surface area contributed by atoms with Crippen molar-refractivity contribution in [2.45, 2.75) is 19.7 Å². The molecular weight excluding hydrogens is 510 g/mol. The van der Waals surface area contributed by atoms with Crippen molar-refractivity contribution in [3.63, 3.8) is 0 Å². The van der Waals surface area contributed by atoms with Crippen LogP contribution in [0, 0.1) is 24.7 Å². The van der Waals surface area contributed by atoms with Crippen LogP contribution in [-0.4, -0.2) is 34.9 Å². The van der Waals surface area contributed by atoms with Gasteiger partial charge in [-0.25, -0.2) is 0 Å². The van der Waals surface area contributed by atoms with Gasteiger partial charge >= 0.3 is 153 Å². The van der Waals surface area contributed by atoms with Gasteiger partial charge in [0, 0.05) is 0 Å². The summed E-state index contributed by atoms with van der Waals surface area (Å²) in [6, 6.07) is 5.13. The minimum atomic E-state index is -1.00. The third kappa shape index (κ3) is 4.38. The van der Waals surface area contributed by atoms with Crippen LogP contribution >= 0.6 is 0 Å². The number of nitrogens with zero attached hydrogens (tertiary/aromatic N) is 2. The van der Waals surface area contributed by atoms with Crippen LogP contribution in [0.1, 0.15) is 22.8 Å². The van der Waals surface area contributed by atoms with E-state index in [-0.39, 0.29) is 12.5 Å². The van der Waals surface area contributed by atoms with Gasteiger partial charge in [-0.05, 0) is 0 Å². The van der Waals surface area contributed by atoms with Gasteiger partial charge in [-0.1, -0.05) is 0 Å². The molecule has 0 fully saturated rings. The van der Waals surface area contributed by atoms with E-state index in [1.54, 1.807) is 12.1 Å².